The van der Waals surface area contributed by atoms with Gasteiger partial charge in [-0.2, -0.15) is 0 Å². The molecule has 1 saturated heterocycles. The van der Waals surface area contributed by atoms with Gasteiger partial charge in [-0.1, -0.05) is 0 Å². The SMILES string of the molecule is O=C(O)c1csc(CNC(=O)C2CCN(c3cnccn3)CC2)n1. The first kappa shape index (κ1) is 16.3. The maximum Gasteiger partial charge on any atom is 0.355 e. The number of nitrogens with one attached hydrogen (secondary N) is 1. The van der Waals surface area contributed by atoms with E-state index in [9.17, 15) is 9.59 Å². The molecule has 0 aliphatic carbocycles. The maximum atomic E-state index is 12.3. The summed E-state index contributed by atoms with van der Waals surface area (Å²) in [4.78, 5) is 37.5. The Bertz CT molecular complexity index is 713. The number of carboxylic acid groups (broad SMARTS) is 1. The van der Waals surface area contributed by atoms with Gasteiger partial charge in [0.25, 0.3) is 0 Å². The molecule has 3 heterocycles. The third-order valence-corrected chi connectivity index (χ3v) is 4.77. The third-order valence-electron chi connectivity index (χ3n) is 3.92. The van der Waals surface area contributed by atoms with E-state index in [1.165, 1.54) is 16.7 Å². The maximum absolute atomic E-state index is 12.3. The van der Waals surface area contributed by atoms with Crippen molar-refractivity contribution >= 4 is 29.0 Å². The Hall–Kier alpha value is -2.55. The highest BCUT2D eigenvalue weighted by molar-refractivity contribution is 7.09. The lowest BCUT2D eigenvalue weighted by Crippen LogP contribution is -2.40. The number of thiazole rings is 1. The number of aromatic nitrogens is 3. The first-order chi connectivity index (χ1) is 11.6. The molecular formula is C15H17N5O3S. The van der Waals surface area contributed by atoms with Gasteiger partial charge in [0.1, 0.15) is 10.8 Å². The number of hydrogen-bond acceptors (Lipinski definition) is 7. The lowest BCUT2D eigenvalue weighted by molar-refractivity contribution is -0.125. The molecule has 2 aromatic heterocycles. The lowest BCUT2D eigenvalue weighted by Gasteiger charge is -2.31. The second-order valence-electron chi connectivity index (χ2n) is 5.47. The Morgan fingerprint density at radius 2 is 2.12 bits per heavy atom. The van der Waals surface area contributed by atoms with Gasteiger partial charge in [0, 0.05) is 36.8 Å². The van der Waals surface area contributed by atoms with E-state index in [0.29, 0.717) is 5.01 Å². The van der Waals surface area contributed by atoms with Gasteiger partial charge in [0.05, 0.1) is 12.7 Å². The molecule has 0 atom stereocenters. The second-order valence-corrected chi connectivity index (χ2v) is 6.42. The van der Waals surface area contributed by atoms with Crippen LogP contribution in [0.4, 0.5) is 5.82 Å². The summed E-state index contributed by atoms with van der Waals surface area (Å²) in [7, 11) is 0. The molecule has 0 radical (unpaired) electrons. The van der Waals surface area contributed by atoms with Gasteiger partial charge in [-0.05, 0) is 12.8 Å². The Morgan fingerprint density at radius 3 is 2.75 bits per heavy atom. The van der Waals surface area contributed by atoms with Crippen molar-refractivity contribution in [2.75, 3.05) is 18.0 Å². The van der Waals surface area contributed by atoms with Crippen LogP contribution in [0.15, 0.2) is 24.0 Å². The van der Waals surface area contributed by atoms with Crippen molar-refractivity contribution in [1.29, 1.82) is 0 Å². The number of carbonyl (C=O) groups excluding carboxylic acids is 1. The highest BCUT2D eigenvalue weighted by atomic mass is 32.1. The van der Waals surface area contributed by atoms with Gasteiger partial charge < -0.3 is 15.3 Å². The fourth-order valence-electron chi connectivity index (χ4n) is 2.62. The zero-order valence-electron chi connectivity index (χ0n) is 12.9. The first-order valence-corrected chi connectivity index (χ1v) is 8.48. The minimum Gasteiger partial charge on any atom is -0.476 e. The van der Waals surface area contributed by atoms with Crippen LogP contribution in [0, 0.1) is 5.92 Å². The van der Waals surface area contributed by atoms with Gasteiger partial charge >= 0.3 is 5.97 Å². The van der Waals surface area contributed by atoms with Crippen molar-refractivity contribution in [2.24, 2.45) is 5.92 Å². The molecule has 0 aromatic carbocycles. The molecule has 8 nitrogen and oxygen atoms in total. The summed E-state index contributed by atoms with van der Waals surface area (Å²) in [6, 6.07) is 0. The minimum absolute atomic E-state index is 0.0131. The van der Waals surface area contributed by atoms with E-state index in [4.69, 9.17) is 5.11 Å². The fourth-order valence-corrected chi connectivity index (χ4v) is 3.33. The summed E-state index contributed by atoms with van der Waals surface area (Å²) in [5, 5.41) is 13.8. The van der Waals surface area contributed by atoms with Crippen molar-refractivity contribution < 1.29 is 14.7 Å². The van der Waals surface area contributed by atoms with E-state index in [0.717, 1.165) is 31.7 Å². The van der Waals surface area contributed by atoms with Crippen molar-refractivity contribution in [3.05, 3.63) is 34.7 Å². The Labute approximate surface area is 142 Å². The lowest BCUT2D eigenvalue weighted by atomic mass is 9.96. The fraction of sp³-hybridized carbons (Fsp3) is 0.400. The standard InChI is InChI=1S/C15H17N5O3S/c21-14(18-8-13-19-11(9-24-13)15(22)23)10-1-5-20(6-2-10)12-7-16-3-4-17-12/h3-4,7,9-10H,1-2,5-6,8H2,(H,18,21)(H,22,23). The van der Waals surface area contributed by atoms with Crippen molar-refractivity contribution in [1.82, 2.24) is 20.3 Å². The topological polar surface area (TPSA) is 108 Å². The molecule has 0 unspecified atom stereocenters. The molecule has 1 aliphatic rings. The van der Waals surface area contributed by atoms with Gasteiger partial charge in [0.2, 0.25) is 5.91 Å². The van der Waals surface area contributed by atoms with Crippen LogP contribution in [0.25, 0.3) is 0 Å². The highest BCUT2D eigenvalue weighted by Gasteiger charge is 2.25. The van der Waals surface area contributed by atoms with Crippen molar-refractivity contribution in [3.63, 3.8) is 0 Å². The molecule has 126 valence electrons. The van der Waals surface area contributed by atoms with E-state index in [1.54, 1.807) is 18.6 Å². The molecule has 0 saturated carbocycles. The van der Waals surface area contributed by atoms with E-state index in [-0.39, 0.29) is 24.1 Å². The molecule has 1 aliphatic heterocycles. The number of carbonyl (C=O) groups is 2. The zero-order valence-corrected chi connectivity index (χ0v) is 13.7. The monoisotopic (exact) mass is 347 g/mol. The summed E-state index contributed by atoms with van der Waals surface area (Å²) in [5.74, 6) is -0.279. The zero-order chi connectivity index (χ0) is 16.9. The minimum atomic E-state index is -1.06. The number of amides is 1. The smallest absolute Gasteiger partial charge is 0.355 e. The van der Waals surface area contributed by atoms with E-state index >= 15 is 0 Å². The van der Waals surface area contributed by atoms with Crippen LogP contribution in [0.2, 0.25) is 0 Å². The van der Waals surface area contributed by atoms with Gasteiger partial charge in [0.15, 0.2) is 5.69 Å². The van der Waals surface area contributed by atoms with Crippen LogP contribution in [0.1, 0.15) is 28.3 Å². The summed E-state index contributed by atoms with van der Waals surface area (Å²) in [6.45, 7) is 1.79. The van der Waals surface area contributed by atoms with Gasteiger partial charge in [-0.25, -0.2) is 14.8 Å². The van der Waals surface area contributed by atoms with Crippen molar-refractivity contribution in [3.8, 4) is 0 Å². The number of carboxylic acids is 1. The third kappa shape index (κ3) is 3.85. The average Bonchev–Trinajstić information content (AvgIpc) is 3.10. The molecule has 0 spiro atoms. The summed E-state index contributed by atoms with van der Waals surface area (Å²) < 4.78 is 0. The molecule has 9 heteroatoms. The van der Waals surface area contributed by atoms with Crippen LogP contribution in [0.5, 0.6) is 0 Å². The highest BCUT2D eigenvalue weighted by Crippen LogP contribution is 2.21. The Balaban J connectivity index is 1.47. The largest absolute Gasteiger partial charge is 0.476 e. The normalized spacial score (nSPS) is 15.2. The molecular weight excluding hydrogens is 330 g/mol. The summed E-state index contributed by atoms with van der Waals surface area (Å²) >= 11 is 1.23. The number of nitrogens with zero attached hydrogens (tertiary/aromatic N) is 4. The van der Waals surface area contributed by atoms with Crippen LogP contribution >= 0.6 is 11.3 Å². The van der Waals surface area contributed by atoms with Crippen LogP contribution < -0.4 is 10.2 Å². The number of piperidine rings is 1. The quantitative estimate of drug-likeness (QED) is 0.835. The van der Waals surface area contributed by atoms with Crippen LogP contribution in [-0.2, 0) is 11.3 Å². The molecule has 1 fully saturated rings. The number of rotatable bonds is 5. The molecule has 24 heavy (non-hydrogen) atoms. The van der Waals surface area contributed by atoms with Gasteiger partial charge in [-0.3, -0.25) is 9.78 Å². The van der Waals surface area contributed by atoms with E-state index < -0.39 is 5.97 Å². The van der Waals surface area contributed by atoms with Crippen LogP contribution in [-0.4, -0.2) is 45.0 Å². The van der Waals surface area contributed by atoms with E-state index in [1.807, 2.05) is 0 Å². The average molecular weight is 347 g/mol. The number of anilines is 1. The summed E-state index contributed by atoms with van der Waals surface area (Å²) in [6.07, 6.45) is 6.52. The number of aromatic carboxylic acids is 1. The number of hydrogen-bond donors (Lipinski definition) is 2. The molecule has 3 rings (SSSR count). The summed E-state index contributed by atoms with van der Waals surface area (Å²) in [5.41, 5.74) is 0.0153. The van der Waals surface area contributed by atoms with Gasteiger partial charge in [-0.15, -0.1) is 11.3 Å². The Kier molecular flexibility index (Phi) is 4.99. The molecule has 1 amide bonds. The molecule has 0 bridgehead atoms. The van der Waals surface area contributed by atoms with Crippen LogP contribution in [0.3, 0.4) is 0 Å². The molecule has 2 N–H and O–H groups in total. The second kappa shape index (κ2) is 7.35. The molecule has 2 aromatic rings. The van der Waals surface area contributed by atoms with Crippen molar-refractivity contribution in [2.45, 2.75) is 19.4 Å². The predicted molar refractivity (Wildman–Crippen MR) is 87.9 cm³/mol. The first-order valence-electron chi connectivity index (χ1n) is 7.60. The predicted octanol–water partition coefficient (Wildman–Crippen LogP) is 1.16. The van der Waals surface area contributed by atoms with E-state index in [2.05, 4.69) is 25.2 Å². The Morgan fingerprint density at radius 1 is 1.33 bits per heavy atom.